The molecular weight excluding hydrogens is 299 g/mol. The first-order chi connectivity index (χ1) is 9.29. The predicted molar refractivity (Wildman–Crippen MR) is 66.9 cm³/mol. The van der Waals surface area contributed by atoms with Crippen molar-refractivity contribution < 1.29 is 18.1 Å². The molecule has 0 aliphatic carbocycles. The molecule has 1 aromatic rings. The fourth-order valence-corrected chi connectivity index (χ4v) is 2.35. The topological polar surface area (TPSA) is 59.3 Å². The van der Waals surface area contributed by atoms with E-state index in [9.17, 15) is 23.3 Å². The Morgan fingerprint density at radius 3 is 2.45 bits per heavy atom. The van der Waals surface area contributed by atoms with Crippen LogP contribution in [0, 0.1) is 16.0 Å². The van der Waals surface area contributed by atoms with Gasteiger partial charge in [0.05, 0.1) is 10.8 Å². The summed E-state index contributed by atoms with van der Waals surface area (Å²) < 4.78 is 37.7. The van der Waals surface area contributed by atoms with E-state index in [1.54, 1.807) is 0 Å². The second kappa shape index (κ2) is 5.43. The van der Waals surface area contributed by atoms with Crippen molar-refractivity contribution in [3.05, 3.63) is 27.4 Å². The lowest BCUT2D eigenvalue weighted by Crippen LogP contribution is -2.39. The summed E-state index contributed by atoms with van der Waals surface area (Å²) in [5, 5.41) is 11.0. The van der Waals surface area contributed by atoms with E-state index in [0.29, 0.717) is 0 Å². The predicted octanol–water partition coefficient (Wildman–Crippen LogP) is 3.42. The van der Waals surface area contributed by atoms with Crippen LogP contribution in [0.2, 0.25) is 5.15 Å². The Morgan fingerprint density at radius 2 is 1.95 bits per heavy atom. The summed E-state index contributed by atoms with van der Waals surface area (Å²) in [7, 11) is 0. The molecule has 5 nitrogen and oxygen atoms in total. The van der Waals surface area contributed by atoms with Gasteiger partial charge in [-0.3, -0.25) is 10.1 Å². The average Bonchev–Trinajstić information content (AvgIpc) is 2.37. The van der Waals surface area contributed by atoms with Crippen LogP contribution in [0.3, 0.4) is 0 Å². The molecule has 2 heterocycles. The zero-order valence-electron chi connectivity index (χ0n) is 10.2. The van der Waals surface area contributed by atoms with Gasteiger partial charge in [0.25, 0.3) is 0 Å². The summed E-state index contributed by atoms with van der Waals surface area (Å²) in [5.74, 6) is -1.33. The minimum Gasteiger partial charge on any atom is -0.351 e. The van der Waals surface area contributed by atoms with Crippen LogP contribution in [0.5, 0.6) is 0 Å². The molecular formula is C11H11ClF3N3O2. The Kier molecular flexibility index (Phi) is 4.03. The molecule has 0 bridgehead atoms. The number of halogens is 4. The lowest BCUT2D eigenvalue weighted by Gasteiger charge is -2.33. The van der Waals surface area contributed by atoms with Crippen molar-refractivity contribution in [1.82, 2.24) is 4.98 Å². The summed E-state index contributed by atoms with van der Waals surface area (Å²) in [6.07, 6.45) is -4.43. The molecule has 0 saturated carbocycles. The Labute approximate surface area is 117 Å². The summed E-state index contributed by atoms with van der Waals surface area (Å²) in [5.41, 5.74) is -0.250. The van der Waals surface area contributed by atoms with Gasteiger partial charge in [0.15, 0.2) is 0 Å². The van der Waals surface area contributed by atoms with E-state index in [0.717, 1.165) is 0 Å². The van der Waals surface area contributed by atoms with Crippen LogP contribution in [-0.2, 0) is 0 Å². The second-order valence-electron chi connectivity index (χ2n) is 4.54. The highest BCUT2D eigenvalue weighted by atomic mass is 35.5. The van der Waals surface area contributed by atoms with Crippen LogP contribution in [0.1, 0.15) is 12.8 Å². The molecule has 0 aromatic carbocycles. The maximum atomic E-state index is 12.6. The smallest absolute Gasteiger partial charge is 0.351 e. The van der Waals surface area contributed by atoms with E-state index in [2.05, 4.69) is 4.98 Å². The maximum Gasteiger partial charge on any atom is 0.391 e. The molecule has 9 heteroatoms. The van der Waals surface area contributed by atoms with Crippen LogP contribution >= 0.6 is 11.6 Å². The second-order valence-corrected chi connectivity index (χ2v) is 4.92. The first kappa shape index (κ1) is 14.8. The van der Waals surface area contributed by atoms with Gasteiger partial charge in [0.1, 0.15) is 5.15 Å². The molecule has 0 spiro atoms. The molecule has 0 unspecified atom stereocenters. The van der Waals surface area contributed by atoms with Crippen molar-refractivity contribution in [3.63, 3.8) is 0 Å². The maximum absolute atomic E-state index is 12.6. The number of piperidine rings is 1. The van der Waals surface area contributed by atoms with Gasteiger partial charge in [0.2, 0.25) is 5.82 Å². The van der Waals surface area contributed by atoms with Crippen LogP contribution in [0.4, 0.5) is 24.7 Å². The number of aromatic nitrogens is 1. The lowest BCUT2D eigenvalue weighted by atomic mass is 9.96. The van der Waals surface area contributed by atoms with Gasteiger partial charge in [-0.2, -0.15) is 13.2 Å². The molecule has 1 aliphatic heterocycles. The standard InChI is InChI=1S/C11H11ClF3N3O2/c12-9-2-1-8(18(19)20)10(16-9)17-5-3-7(4-6-17)11(13,14)15/h1-2,7H,3-6H2. The van der Waals surface area contributed by atoms with E-state index in [4.69, 9.17) is 11.6 Å². The monoisotopic (exact) mass is 309 g/mol. The van der Waals surface area contributed by atoms with Crippen LogP contribution in [-0.4, -0.2) is 29.2 Å². The Balaban J connectivity index is 2.18. The third-order valence-corrected chi connectivity index (χ3v) is 3.49. The summed E-state index contributed by atoms with van der Waals surface area (Å²) >= 11 is 5.70. The summed E-state index contributed by atoms with van der Waals surface area (Å²) in [6.45, 7) is 0.136. The number of alkyl halides is 3. The average molecular weight is 310 g/mol. The Bertz CT molecular complexity index is 516. The van der Waals surface area contributed by atoms with Crippen molar-refractivity contribution in [2.75, 3.05) is 18.0 Å². The third kappa shape index (κ3) is 3.12. The number of hydrogen-bond acceptors (Lipinski definition) is 4. The van der Waals surface area contributed by atoms with Crippen molar-refractivity contribution in [3.8, 4) is 0 Å². The SMILES string of the molecule is O=[N+]([O-])c1ccc(Cl)nc1N1CCC(C(F)(F)F)CC1. The Hall–Kier alpha value is -1.57. The normalized spacial score (nSPS) is 17.3. The van der Waals surface area contributed by atoms with Crippen molar-refractivity contribution in [1.29, 1.82) is 0 Å². The highest BCUT2D eigenvalue weighted by molar-refractivity contribution is 6.29. The van der Waals surface area contributed by atoms with E-state index in [-0.39, 0.29) is 42.6 Å². The molecule has 0 atom stereocenters. The van der Waals surface area contributed by atoms with Gasteiger partial charge in [-0.1, -0.05) is 11.6 Å². The zero-order valence-corrected chi connectivity index (χ0v) is 11.0. The minimum atomic E-state index is -4.22. The highest BCUT2D eigenvalue weighted by Crippen LogP contribution is 2.37. The number of rotatable bonds is 2. The fraction of sp³-hybridized carbons (Fsp3) is 0.545. The highest BCUT2D eigenvalue weighted by Gasteiger charge is 2.41. The van der Waals surface area contributed by atoms with Crippen molar-refractivity contribution >= 4 is 23.1 Å². The molecule has 1 fully saturated rings. The van der Waals surface area contributed by atoms with Crippen LogP contribution in [0.15, 0.2) is 12.1 Å². The fourth-order valence-electron chi connectivity index (χ4n) is 2.21. The van der Waals surface area contributed by atoms with E-state index < -0.39 is 17.0 Å². The summed E-state index contributed by atoms with van der Waals surface area (Å²) in [4.78, 5) is 15.7. The zero-order chi connectivity index (χ0) is 14.9. The van der Waals surface area contributed by atoms with Gasteiger partial charge >= 0.3 is 11.9 Å². The largest absolute Gasteiger partial charge is 0.391 e. The number of nitrogens with zero attached hydrogens (tertiary/aromatic N) is 3. The van der Waals surface area contributed by atoms with E-state index in [1.807, 2.05) is 0 Å². The lowest BCUT2D eigenvalue weighted by molar-refractivity contribution is -0.384. The number of hydrogen-bond donors (Lipinski definition) is 0. The number of pyridine rings is 1. The van der Waals surface area contributed by atoms with E-state index in [1.165, 1.54) is 17.0 Å². The van der Waals surface area contributed by atoms with Gasteiger partial charge in [-0.15, -0.1) is 0 Å². The first-order valence-electron chi connectivity index (χ1n) is 5.91. The third-order valence-electron chi connectivity index (χ3n) is 3.27. The number of anilines is 1. The van der Waals surface area contributed by atoms with Gasteiger partial charge in [-0.25, -0.2) is 4.98 Å². The van der Waals surface area contributed by atoms with Gasteiger partial charge in [-0.05, 0) is 18.9 Å². The number of nitro groups is 1. The first-order valence-corrected chi connectivity index (χ1v) is 6.29. The molecule has 0 radical (unpaired) electrons. The molecule has 1 aliphatic rings. The van der Waals surface area contributed by atoms with Crippen LogP contribution in [0.25, 0.3) is 0 Å². The molecule has 0 N–H and O–H groups in total. The molecule has 1 saturated heterocycles. The van der Waals surface area contributed by atoms with E-state index >= 15 is 0 Å². The summed E-state index contributed by atoms with van der Waals surface area (Å²) in [6, 6.07) is 2.49. The van der Waals surface area contributed by atoms with Gasteiger partial charge < -0.3 is 4.90 Å². The van der Waals surface area contributed by atoms with Crippen LogP contribution < -0.4 is 4.90 Å². The van der Waals surface area contributed by atoms with Gasteiger partial charge in [0, 0.05) is 19.2 Å². The van der Waals surface area contributed by atoms with Crippen molar-refractivity contribution in [2.24, 2.45) is 5.92 Å². The minimum absolute atomic E-state index is 0.0307. The molecule has 2 rings (SSSR count). The quantitative estimate of drug-likeness (QED) is 0.477. The molecule has 0 amide bonds. The Morgan fingerprint density at radius 1 is 1.35 bits per heavy atom. The molecule has 20 heavy (non-hydrogen) atoms. The van der Waals surface area contributed by atoms with Crippen molar-refractivity contribution in [2.45, 2.75) is 19.0 Å². The molecule has 1 aromatic heterocycles. The molecule has 110 valence electrons.